The van der Waals surface area contributed by atoms with E-state index in [-0.39, 0.29) is 31.8 Å². The van der Waals surface area contributed by atoms with Gasteiger partial charge in [0, 0.05) is 25.7 Å². The number of methoxy groups -OCH3 is 2. The van der Waals surface area contributed by atoms with Crippen molar-refractivity contribution in [2.75, 3.05) is 14.2 Å². The summed E-state index contributed by atoms with van der Waals surface area (Å²) in [6.45, 7) is 3.04. The van der Waals surface area contributed by atoms with Gasteiger partial charge in [0.2, 0.25) is 5.92 Å². The van der Waals surface area contributed by atoms with Gasteiger partial charge in [-0.2, -0.15) is 0 Å². The molecule has 0 aliphatic rings. The fraction of sp³-hybridized carbons (Fsp3) is 0.433. The van der Waals surface area contributed by atoms with Crippen LogP contribution in [0.3, 0.4) is 0 Å². The summed E-state index contributed by atoms with van der Waals surface area (Å²) in [4.78, 5) is 57.7. The highest BCUT2D eigenvalue weighted by Crippen LogP contribution is 2.24. The second kappa shape index (κ2) is 19.5. The minimum Gasteiger partial charge on any atom is -0.467 e. The van der Waals surface area contributed by atoms with Gasteiger partial charge in [-0.1, -0.05) is 74.5 Å². The van der Waals surface area contributed by atoms with E-state index in [1.807, 2.05) is 36.4 Å². The molecule has 0 spiro atoms. The van der Waals surface area contributed by atoms with E-state index in [0.717, 1.165) is 18.2 Å². The van der Waals surface area contributed by atoms with Gasteiger partial charge in [0.15, 0.2) is 0 Å². The number of hydrogen-bond acceptors (Lipinski definition) is 9. The molecule has 0 fully saturated rings. The van der Waals surface area contributed by atoms with Crippen molar-refractivity contribution >= 4 is 29.9 Å². The lowest BCUT2D eigenvalue weighted by Crippen LogP contribution is -2.45. The van der Waals surface area contributed by atoms with E-state index >= 15 is 0 Å². The molecule has 43 heavy (non-hydrogen) atoms. The number of halogens is 2. The van der Waals surface area contributed by atoms with Gasteiger partial charge in [-0.15, -0.1) is 0 Å². The van der Waals surface area contributed by atoms with Crippen LogP contribution >= 0.6 is 0 Å². The fourth-order valence-electron chi connectivity index (χ4n) is 3.30. The maximum absolute atomic E-state index is 13.4. The number of alkyl carbamates (subject to hydrolysis) is 2. The van der Waals surface area contributed by atoms with E-state index in [1.165, 1.54) is 14.0 Å². The zero-order valence-corrected chi connectivity index (χ0v) is 24.6. The lowest BCUT2D eigenvalue weighted by atomic mass is 10.1. The highest BCUT2D eigenvalue weighted by Gasteiger charge is 2.35. The van der Waals surface area contributed by atoms with E-state index in [9.17, 15) is 32.8 Å². The molecule has 236 valence electrons. The largest absolute Gasteiger partial charge is 0.467 e. The van der Waals surface area contributed by atoms with Crippen molar-refractivity contribution in [2.24, 2.45) is 0 Å². The third kappa shape index (κ3) is 15.3. The van der Waals surface area contributed by atoms with Crippen LogP contribution < -0.4 is 10.6 Å². The van der Waals surface area contributed by atoms with Gasteiger partial charge in [0.05, 0.1) is 14.2 Å². The maximum Gasteiger partial charge on any atom is 0.408 e. The van der Waals surface area contributed by atoms with Gasteiger partial charge in [0.1, 0.15) is 31.1 Å². The minimum atomic E-state index is -3.08. The number of hydrogen-bond donors (Lipinski definition) is 2. The van der Waals surface area contributed by atoms with Crippen molar-refractivity contribution in [1.29, 1.82) is 0 Å². The Morgan fingerprint density at radius 2 is 1.14 bits per heavy atom. The molecular weight excluding hydrogens is 570 g/mol. The monoisotopic (exact) mass is 608 g/mol. The summed E-state index contributed by atoms with van der Waals surface area (Å²) in [5.74, 6) is -4.84. The third-order valence-corrected chi connectivity index (χ3v) is 5.83. The Morgan fingerprint density at radius 1 is 0.721 bits per heavy atom. The number of rotatable bonds is 14. The number of benzene rings is 2. The third-order valence-electron chi connectivity index (χ3n) is 5.83. The summed E-state index contributed by atoms with van der Waals surface area (Å²) in [6.07, 6.45) is -2.82. The normalized spacial score (nSPS) is 11.9. The van der Waals surface area contributed by atoms with Gasteiger partial charge in [0.25, 0.3) is 0 Å². The van der Waals surface area contributed by atoms with Crippen LogP contribution in [-0.2, 0) is 46.5 Å². The summed E-state index contributed by atoms with van der Waals surface area (Å²) in [5.41, 5.74) is 1.57. The van der Waals surface area contributed by atoms with Crippen molar-refractivity contribution in [1.82, 2.24) is 10.6 Å². The SMILES string of the molecule is CCC(=O)C[C@H](NC(=O)OCc1ccccc1)C(=O)OC.CCC(F)(F)C[C@H](NC(=O)OCc1ccccc1)C(=O)OC. The molecule has 2 N–H and O–H groups in total. The van der Waals surface area contributed by atoms with E-state index in [0.29, 0.717) is 0 Å². The van der Waals surface area contributed by atoms with Crippen LogP contribution in [0.15, 0.2) is 60.7 Å². The number of esters is 2. The number of ether oxygens (including phenoxy) is 4. The first-order valence-electron chi connectivity index (χ1n) is 13.4. The number of alkyl halides is 2. The molecule has 0 saturated carbocycles. The van der Waals surface area contributed by atoms with Crippen LogP contribution in [0.4, 0.5) is 18.4 Å². The quantitative estimate of drug-likeness (QED) is 0.230. The molecule has 13 heteroatoms. The van der Waals surface area contributed by atoms with Gasteiger partial charge in [-0.05, 0) is 11.1 Å². The molecule has 0 bridgehead atoms. The average molecular weight is 609 g/mol. The molecule has 0 aliphatic carbocycles. The summed E-state index contributed by atoms with van der Waals surface area (Å²) in [6, 6.07) is 15.5. The highest BCUT2D eigenvalue weighted by atomic mass is 19.3. The highest BCUT2D eigenvalue weighted by molar-refractivity contribution is 5.88. The second-order valence-electron chi connectivity index (χ2n) is 9.07. The topological polar surface area (TPSA) is 146 Å². The number of ketones is 1. The Hall–Kier alpha value is -4.55. The molecule has 0 radical (unpaired) electrons. The lowest BCUT2D eigenvalue weighted by Gasteiger charge is -2.21. The maximum atomic E-state index is 13.4. The van der Waals surface area contributed by atoms with Crippen LogP contribution in [0.1, 0.15) is 50.7 Å². The zero-order chi connectivity index (χ0) is 32.3. The van der Waals surface area contributed by atoms with E-state index in [2.05, 4.69) is 20.1 Å². The Balaban J connectivity index is 0.000000430. The predicted octanol–water partition coefficient (Wildman–Crippen LogP) is 4.71. The summed E-state index contributed by atoms with van der Waals surface area (Å²) < 4.78 is 45.7. The molecule has 2 atom stereocenters. The summed E-state index contributed by atoms with van der Waals surface area (Å²) in [7, 11) is 2.26. The molecule has 0 unspecified atom stereocenters. The average Bonchev–Trinajstić information content (AvgIpc) is 3.02. The molecule has 2 amide bonds. The Labute approximate surface area is 249 Å². The first-order valence-corrected chi connectivity index (χ1v) is 13.4. The van der Waals surface area contributed by atoms with Crippen LogP contribution in [0.2, 0.25) is 0 Å². The fourth-order valence-corrected chi connectivity index (χ4v) is 3.30. The van der Waals surface area contributed by atoms with Crippen molar-refractivity contribution < 1.29 is 51.7 Å². The molecule has 0 aliphatic heterocycles. The Kier molecular flexibility index (Phi) is 16.6. The number of carbonyl (C=O) groups is 5. The van der Waals surface area contributed by atoms with Crippen molar-refractivity contribution in [3.8, 4) is 0 Å². The minimum absolute atomic E-state index is 0.0231. The van der Waals surface area contributed by atoms with Crippen molar-refractivity contribution in [3.63, 3.8) is 0 Å². The van der Waals surface area contributed by atoms with Crippen LogP contribution in [0, 0.1) is 0 Å². The zero-order valence-electron chi connectivity index (χ0n) is 24.6. The molecule has 0 heterocycles. The number of Topliss-reactive ketones (excluding diaryl/α,β-unsaturated/α-hetero) is 1. The second-order valence-corrected chi connectivity index (χ2v) is 9.07. The summed E-state index contributed by atoms with van der Waals surface area (Å²) >= 11 is 0. The molecular formula is C30H38F2N2O9. The van der Waals surface area contributed by atoms with Gasteiger partial charge in [-0.25, -0.2) is 28.0 Å². The Morgan fingerprint density at radius 3 is 1.53 bits per heavy atom. The summed E-state index contributed by atoms with van der Waals surface area (Å²) in [5, 5.41) is 4.46. The van der Waals surface area contributed by atoms with E-state index in [4.69, 9.17) is 9.47 Å². The standard InChI is InChI=1S/C15H19F2NO4.C15H19NO5/c1-3-15(16,17)9-12(13(19)21-2)18-14(20)22-10-11-7-5-4-6-8-11;1-3-12(17)9-13(14(18)20-2)16-15(19)21-10-11-7-5-4-6-8-11/h4-8,12H,3,9-10H2,1-2H3,(H,18,20);4-8,13H,3,9-10H2,1-2H3,(H,16,19)/t12-;13-/m00/s1. The first-order chi connectivity index (χ1) is 20.4. The molecule has 2 aromatic carbocycles. The molecule has 0 saturated heterocycles. The van der Waals surface area contributed by atoms with Crippen LogP contribution in [0.5, 0.6) is 0 Å². The number of carbonyl (C=O) groups excluding carboxylic acids is 5. The van der Waals surface area contributed by atoms with Crippen molar-refractivity contribution in [3.05, 3.63) is 71.8 Å². The lowest BCUT2D eigenvalue weighted by molar-refractivity contribution is -0.146. The molecule has 11 nitrogen and oxygen atoms in total. The van der Waals surface area contributed by atoms with Gasteiger partial charge in [-0.3, -0.25) is 4.79 Å². The van der Waals surface area contributed by atoms with Crippen LogP contribution in [0.25, 0.3) is 0 Å². The molecule has 0 aromatic heterocycles. The van der Waals surface area contributed by atoms with E-state index in [1.54, 1.807) is 31.2 Å². The van der Waals surface area contributed by atoms with E-state index < -0.39 is 55.0 Å². The predicted molar refractivity (Wildman–Crippen MR) is 151 cm³/mol. The van der Waals surface area contributed by atoms with Crippen molar-refractivity contribution in [2.45, 2.75) is 70.8 Å². The number of amides is 2. The van der Waals surface area contributed by atoms with Gasteiger partial charge >= 0.3 is 24.1 Å². The molecule has 2 rings (SSSR count). The number of nitrogens with one attached hydrogen (secondary N) is 2. The smallest absolute Gasteiger partial charge is 0.408 e. The molecule has 2 aromatic rings. The first kappa shape index (κ1) is 36.5. The van der Waals surface area contributed by atoms with Gasteiger partial charge < -0.3 is 29.6 Å². The van der Waals surface area contributed by atoms with Crippen LogP contribution in [-0.4, -0.2) is 62.1 Å². The Bertz CT molecular complexity index is 1160.